The van der Waals surface area contributed by atoms with E-state index in [-0.39, 0.29) is 6.10 Å². The third-order valence-electron chi connectivity index (χ3n) is 3.40. The van der Waals surface area contributed by atoms with Crippen LogP contribution in [-0.2, 0) is 9.47 Å². The normalized spacial score (nSPS) is 34.1. The van der Waals surface area contributed by atoms with Crippen molar-refractivity contribution in [2.45, 2.75) is 31.4 Å². The maximum absolute atomic E-state index is 5.54. The van der Waals surface area contributed by atoms with Gasteiger partial charge in [0.15, 0.2) is 0 Å². The standard InChI is InChI=1S/C11H17N3O3/c1-7-8(2-3-12-7)11-13-10(14-17-11)9-6-15-4-5-16-9/h7-9,12H,2-6H2,1H3. The fourth-order valence-electron chi connectivity index (χ4n) is 2.36. The Bertz CT molecular complexity index is 376. The van der Waals surface area contributed by atoms with E-state index in [1.165, 1.54) is 0 Å². The van der Waals surface area contributed by atoms with Crippen LogP contribution in [0.25, 0.3) is 0 Å². The van der Waals surface area contributed by atoms with E-state index in [1.54, 1.807) is 0 Å². The molecule has 0 spiro atoms. The van der Waals surface area contributed by atoms with Crippen LogP contribution in [0.15, 0.2) is 4.52 Å². The first-order chi connectivity index (χ1) is 8.34. The Hall–Kier alpha value is -0.980. The molecule has 0 radical (unpaired) electrons. The van der Waals surface area contributed by atoms with Gasteiger partial charge in [-0.25, -0.2) is 0 Å². The summed E-state index contributed by atoms with van der Waals surface area (Å²) in [5.41, 5.74) is 0. The summed E-state index contributed by atoms with van der Waals surface area (Å²) in [5, 5.41) is 7.37. The summed E-state index contributed by atoms with van der Waals surface area (Å²) < 4.78 is 16.2. The first-order valence-corrected chi connectivity index (χ1v) is 6.11. The third-order valence-corrected chi connectivity index (χ3v) is 3.40. The fraction of sp³-hybridized carbons (Fsp3) is 0.818. The molecule has 3 heterocycles. The number of nitrogens with one attached hydrogen (secondary N) is 1. The van der Waals surface area contributed by atoms with Crippen molar-refractivity contribution in [3.8, 4) is 0 Å². The SMILES string of the molecule is CC1NCCC1c1nc(C2COCCO2)no1. The van der Waals surface area contributed by atoms with Gasteiger partial charge < -0.3 is 19.3 Å². The molecular formula is C11H17N3O3. The van der Waals surface area contributed by atoms with E-state index >= 15 is 0 Å². The van der Waals surface area contributed by atoms with Crippen LogP contribution in [0.1, 0.15) is 37.1 Å². The lowest BCUT2D eigenvalue weighted by atomic mass is 10.0. The molecule has 1 N–H and O–H groups in total. The minimum absolute atomic E-state index is 0.175. The summed E-state index contributed by atoms with van der Waals surface area (Å²) in [5.74, 6) is 1.64. The van der Waals surface area contributed by atoms with E-state index in [1.807, 2.05) is 0 Å². The van der Waals surface area contributed by atoms with Gasteiger partial charge in [0.05, 0.1) is 25.7 Å². The van der Waals surface area contributed by atoms with Crippen molar-refractivity contribution in [1.82, 2.24) is 15.5 Å². The molecule has 0 aliphatic carbocycles. The molecule has 0 aromatic carbocycles. The van der Waals surface area contributed by atoms with Crippen LogP contribution >= 0.6 is 0 Å². The lowest BCUT2D eigenvalue weighted by molar-refractivity contribution is -0.0941. The quantitative estimate of drug-likeness (QED) is 0.816. The van der Waals surface area contributed by atoms with Gasteiger partial charge in [-0.05, 0) is 19.9 Å². The summed E-state index contributed by atoms with van der Waals surface area (Å²) in [6.45, 7) is 4.90. The average Bonchev–Trinajstić information content (AvgIpc) is 2.98. The van der Waals surface area contributed by atoms with E-state index in [2.05, 4.69) is 22.4 Å². The lowest BCUT2D eigenvalue weighted by Gasteiger charge is -2.19. The van der Waals surface area contributed by atoms with Crippen molar-refractivity contribution >= 4 is 0 Å². The molecule has 17 heavy (non-hydrogen) atoms. The second-order valence-corrected chi connectivity index (χ2v) is 4.56. The van der Waals surface area contributed by atoms with Crippen molar-refractivity contribution in [1.29, 1.82) is 0 Å². The predicted octanol–water partition coefficient (Wildman–Crippen LogP) is 0.623. The highest BCUT2D eigenvalue weighted by Crippen LogP contribution is 2.27. The summed E-state index contributed by atoms with van der Waals surface area (Å²) in [4.78, 5) is 4.44. The highest BCUT2D eigenvalue weighted by molar-refractivity contribution is 5.03. The number of hydrogen-bond donors (Lipinski definition) is 1. The maximum atomic E-state index is 5.54. The topological polar surface area (TPSA) is 69.4 Å². The molecule has 3 atom stereocenters. The molecule has 2 fully saturated rings. The molecular weight excluding hydrogens is 222 g/mol. The lowest BCUT2D eigenvalue weighted by Crippen LogP contribution is -2.23. The van der Waals surface area contributed by atoms with E-state index < -0.39 is 0 Å². The van der Waals surface area contributed by atoms with E-state index in [0.717, 1.165) is 13.0 Å². The average molecular weight is 239 g/mol. The Kier molecular flexibility index (Phi) is 3.09. The number of rotatable bonds is 2. The molecule has 0 bridgehead atoms. The molecule has 3 rings (SSSR count). The van der Waals surface area contributed by atoms with Crippen molar-refractivity contribution in [2.24, 2.45) is 0 Å². The monoisotopic (exact) mass is 239 g/mol. The number of aromatic nitrogens is 2. The molecule has 0 amide bonds. The Morgan fingerprint density at radius 1 is 1.35 bits per heavy atom. The van der Waals surface area contributed by atoms with Gasteiger partial charge in [-0.2, -0.15) is 4.98 Å². The Morgan fingerprint density at radius 2 is 2.29 bits per heavy atom. The molecule has 2 saturated heterocycles. The van der Waals surface area contributed by atoms with E-state index in [0.29, 0.717) is 43.5 Å². The van der Waals surface area contributed by atoms with Gasteiger partial charge in [-0.3, -0.25) is 0 Å². The van der Waals surface area contributed by atoms with Crippen molar-refractivity contribution in [2.75, 3.05) is 26.4 Å². The van der Waals surface area contributed by atoms with Crippen LogP contribution in [0.2, 0.25) is 0 Å². The predicted molar refractivity (Wildman–Crippen MR) is 58.6 cm³/mol. The molecule has 2 aliphatic heterocycles. The molecule has 6 nitrogen and oxygen atoms in total. The van der Waals surface area contributed by atoms with Crippen LogP contribution in [0, 0.1) is 0 Å². The zero-order valence-electron chi connectivity index (χ0n) is 9.89. The summed E-state index contributed by atoms with van der Waals surface area (Å²) in [6.07, 6.45) is 0.871. The van der Waals surface area contributed by atoms with Crippen LogP contribution in [-0.4, -0.2) is 42.5 Å². The maximum Gasteiger partial charge on any atom is 0.231 e. The zero-order valence-corrected chi connectivity index (χ0v) is 9.89. The second kappa shape index (κ2) is 4.72. The molecule has 3 unspecified atom stereocenters. The van der Waals surface area contributed by atoms with Crippen LogP contribution in [0.5, 0.6) is 0 Å². The largest absolute Gasteiger partial charge is 0.376 e. The van der Waals surface area contributed by atoms with E-state index in [9.17, 15) is 0 Å². The number of hydrogen-bond acceptors (Lipinski definition) is 6. The minimum Gasteiger partial charge on any atom is -0.376 e. The van der Waals surface area contributed by atoms with Crippen molar-refractivity contribution in [3.05, 3.63) is 11.7 Å². The number of ether oxygens (including phenoxy) is 2. The first kappa shape index (κ1) is 11.1. The molecule has 6 heteroatoms. The summed E-state index contributed by atoms with van der Waals surface area (Å²) in [7, 11) is 0. The highest BCUT2D eigenvalue weighted by Gasteiger charge is 2.31. The van der Waals surface area contributed by atoms with Gasteiger partial charge in [0, 0.05) is 6.04 Å². The van der Waals surface area contributed by atoms with Crippen LogP contribution < -0.4 is 5.32 Å². The highest BCUT2D eigenvalue weighted by atomic mass is 16.6. The smallest absolute Gasteiger partial charge is 0.231 e. The fourth-order valence-corrected chi connectivity index (χ4v) is 2.36. The van der Waals surface area contributed by atoms with Gasteiger partial charge in [0.25, 0.3) is 0 Å². The van der Waals surface area contributed by atoms with Gasteiger partial charge in [0.2, 0.25) is 11.7 Å². The van der Waals surface area contributed by atoms with Crippen molar-refractivity contribution in [3.63, 3.8) is 0 Å². The molecule has 1 aromatic rings. The van der Waals surface area contributed by atoms with Gasteiger partial charge in [-0.1, -0.05) is 5.16 Å². The molecule has 2 aliphatic rings. The molecule has 1 aromatic heterocycles. The summed E-state index contributed by atoms with van der Waals surface area (Å²) >= 11 is 0. The second-order valence-electron chi connectivity index (χ2n) is 4.56. The zero-order chi connectivity index (χ0) is 11.7. The molecule has 94 valence electrons. The van der Waals surface area contributed by atoms with E-state index in [4.69, 9.17) is 14.0 Å². The van der Waals surface area contributed by atoms with Gasteiger partial charge >= 0.3 is 0 Å². The van der Waals surface area contributed by atoms with Crippen molar-refractivity contribution < 1.29 is 14.0 Å². The molecule has 0 saturated carbocycles. The Morgan fingerprint density at radius 3 is 3.00 bits per heavy atom. The third kappa shape index (κ3) is 2.20. The van der Waals surface area contributed by atoms with Gasteiger partial charge in [0.1, 0.15) is 6.10 Å². The van der Waals surface area contributed by atoms with Crippen LogP contribution in [0.4, 0.5) is 0 Å². The number of nitrogens with zero attached hydrogens (tertiary/aromatic N) is 2. The Labute approximate surface area is 99.7 Å². The van der Waals surface area contributed by atoms with Crippen LogP contribution in [0.3, 0.4) is 0 Å². The minimum atomic E-state index is -0.175. The Balaban J connectivity index is 1.73. The van der Waals surface area contributed by atoms with Gasteiger partial charge in [-0.15, -0.1) is 0 Å². The first-order valence-electron chi connectivity index (χ1n) is 6.11. The summed E-state index contributed by atoms with van der Waals surface area (Å²) in [6, 6.07) is 0.395.